The third-order valence-corrected chi connectivity index (χ3v) is 6.50. The van der Waals surface area contributed by atoms with Crippen molar-refractivity contribution in [2.45, 2.75) is 12.8 Å². The van der Waals surface area contributed by atoms with Crippen LogP contribution in [0.4, 0.5) is 0 Å². The quantitative estimate of drug-likeness (QED) is 0.718. The summed E-state index contributed by atoms with van der Waals surface area (Å²) in [5.41, 5.74) is 0. The second-order valence-electron chi connectivity index (χ2n) is 5.16. The standard InChI is InChI=1S/C12H23N3O3S2.ClH/c16-12(11-2-1-3-13-10-11)14-4-9-20(17,18)15-5-7-19-8-6-15;/h11,13H,1-10H2,(H,14,16);1H. The summed E-state index contributed by atoms with van der Waals surface area (Å²) in [6, 6.07) is 0. The van der Waals surface area contributed by atoms with Gasteiger partial charge in [0.1, 0.15) is 0 Å². The molecule has 2 aliphatic rings. The number of thioether (sulfide) groups is 1. The van der Waals surface area contributed by atoms with Crippen LogP contribution in [0, 0.1) is 5.92 Å². The molecule has 2 saturated heterocycles. The van der Waals surface area contributed by atoms with Crippen LogP contribution in [0.3, 0.4) is 0 Å². The van der Waals surface area contributed by atoms with E-state index in [1.807, 2.05) is 0 Å². The molecular weight excluding hydrogens is 334 g/mol. The van der Waals surface area contributed by atoms with Gasteiger partial charge in [-0.3, -0.25) is 4.79 Å². The van der Waals surface area contributed by atoms with Crippen molar-refractivity contribution >= 4 is 40.1 Å². The number of carbonyl (C=O) groups excluding carboxylic acids is 1. The highest BCUT2D eigenvalue weighted by Crippen LogP contribution is 2.13. The fourth-order valence-electron chi connectivity index (χ4n) is 2.48. The molecule has 6 nitrogen and oxygen atoms in total. The van der Waals surface area contributed by atoms with Crippen LogP contribution in [0.1, 0.15) is 12.8 Å². The van der Waals surface area contributed by atoms with E-state index < -0.39 is 10.0 Å². The Morgan fingerprint density at radius 3 is 2.67 bits per heavy atom. The molecule has 0 bridgehead atoms. The zero-order valence-electron chi connectivity index (χ0n) is 12.0. The molecule has 1 atom stereocenters. The van der Waals surface area contributed by atoms with Gasteiger partial charge in [-0.15, -0.1) is 12.4 Å². The number of carbonyl (C=O) groups is 1. The lowest BCUT2D eigenvalue weighted by Gasteiger charge is -2.26. The Morgan fingerprint density at radius 1 is 1.33 bits per heavy atom. The number of sulfonamides is 1. The van der Waals surface area contributed by atoms with Crippen molar-refractivity contribution in [2.24, 2.45) is 5.92 Å². The van der Waals surface area contributed by atoms with Crippen molar-refractivity contribution in [3.63, 3.8) is 0 Å². The molecule has 2 rings (SSSR count). The lowest BCUT2D eigenvalue weighted by Crippen LogP contribution is -2.44. The van der Waals surface area contributed by atoms with Crippen molar-refractivity contribution in [1.82, 2.24) is 14.9 Å². The topological polar surface area (TPSA) is 78.5 Å². The molecule has 21 heavy (non-hydrogen) atoms. The van der Waals surface area contributed by atoms with Crippen molar-refractivity contribution in [3.05, 3.63) is 0 Å². The summed E-state index contributed by atoms with van der Waals surface area (Å²) in [5, 5.41) is 5.94. The van der Waals surface area contributed by atoms with E-state index in [4.69, 9.17) is 0 Å². The number of rotatable bonds is 5. The minimum absolute atomic E-state index is 0. The monoisotopic (exact) mass is 357 g/mol. The van der Waals surface area contributed by atoms with Crippen LogP contribution >= 0.6 is 24.2 Å². The van der Waals surface area contributed by atoms with Gasteiger partial charge in [-0.25, -0.2) is 12.7 Å². The summed E-state index contributed by atoms with van der Waals surface area (Å²) in [5.74, 6) is 1.68. The Labute approximate surface area is 137 Å². The largest absolute Gasteiger partial charge is 0.355 e. The molecule has 2 heterocycles. The van der Waals surface area contributed by atoms with E-state index in [1.54, 1.807) is 11.8 Å². The van der Waals surface area contributed by atoms with Crippen molar-refractivity contribution in [2.75, 3.05) is 50.0 Å². The Balaban J connectivity index is 0.00000220. The Morgan fingerprint density at radius 2 is 2.05 bits per heavy atom. The molecule has 1 unspecified atom stereocenters. The van der Waals surface area contributed by atoms with Crippen LogP contribution < -0.4 is 10.6 Å². The van der Waals surface area contributed by atoms with Gasteiger partial charge in [0.2, 0.25) is 15.9 Å². The predicted octanol–water partition coefficient (Wildman–Crippen LogP) is -0.0974. The minimum atomic E-state index is -3.22. The highest BCUT2D eigenvalue weighted by atomic mass is 35.5. The van der Waals surface area contributed by atoms with Gasteiger partial charge in [0.25, 0.3) is 0 Å². The highest BCUT2D eigenvalue weighted by Gasteiger charge is 2.25. The van der Waals surface area contributed by atoms with Crippen molar-refractivity contribution < 1.29 is 13.2 Å². The number of nitrogens with one attached hydrogen (secondary N) is 2. The van der Waals surface area contributed by atoms with E-state index in [2.05, 4.69) is 10.6 Å². The summed E-state index contributed by atoms with van der Waals surface area (Å²) in [4.78, 5) is 11.9. The van der Waals surface area contributed by atoms with Gasteiger partial charge >= 0.3 is 0 Å². The molecule has 9 heteroatoms. The maximum absolute atomic E-state index is 12.1. The number of nitrogens with zero attached hydrogens (tertiary/aromatic N) is 1. The first-order valence-corrected chi connectivity index (χ1v) is 9.90. The van der Waals surface area contributed by atoms with Gasteiger partial charge in [0, 0.05) is 37.7 Å². The van der Waals surface area contributed by atoms with Gasteiger partial charge in [0.05, 0.1) is 11.7 Å². The number of amides is 1. The minimum Gasteiger partial charge on any atom is -0.355 e. The van der Waals surface area contributed by atoms with Crippen LogP contribution in [0.2, 0.25) is 0 Å². The highest BCUT2D eigenvalue weighted by molar-refractivity contribution is 7.99. The predicted molar refractivity (Wildman–Crippen MR) is 88.5 cm³/mol. The summed E-state index contributed by atoms with van der Waals surface area (Å²) >= 11 is 1.78. The Bertz CT molecular complexity index is 421. The first-order chi connectivity index (χ1) is 9.59. The molecular formula is C12H24ClN3O3S2. The zero-order chi connectivity index (χ0) is 14.4. The van der Waals surface area contributed by atoms with E-state index in [-0.39, 0.29) is 36.5 Å². The van der Waals surface area contributed by atoms with Gasteiger partial charge in [-0.1, -0.05) is 0 Å². The van der Waals surface area contributed by atoms with Crippen LogP contribution in [0.15, 0.2) is 0 Å². The maximum Gasteiger partial charge on any atom is 0.224 e. The molecule has 0 radical (unpaired) electrons. The molecule has 0 saturated carbocycles. The Kier molecular flexibility index (Phi) is 8.33. The van der Waals surface area contributed by atoms with Crippen LogP contribution in [-0.2, 0) is 14.8 Å². The first-order valence-electron chi connectivity index (χ1n) is 7.13. The molecule has 124 valence electrons. The lowest BCUT2D eigenvalue weighted by molar-refractivity contribution is -0.125. The maximum atomic E-state index is 12.1. The van der Waals surface area contributed by atoms with E-state index in [1.165, 1.54) is 4.31 Å². The zero-order valence-corrected chi connectivity index (χ0v) is 14.5. The van der Waals surface area contributed by atoms with Gasteiger partial charge < -0.3 is 10.6 Å². The van der Waals surface area contributed by atoms with E-state index >= 15 is 0 Å². The normalized spacial score (nSPS) is 24.1. The van der Waals surface area contributed by atoms with Crippen LogP contribution in [-0.4, -0.2) is 68.6 Å². The molecule has 1 amide bonds. The first kappa shape index (κ1) is 19.0. The SMILES string of the molecule is Cl.O=C(NCCS(=O)(=O)N1CCSCC1)C1CCCNC1. The average molecular weight is 358 g/mol. The number of piperidine rings is 1. The second kappa shape index (κ2) is 9.19. The lowest BCUT2D eigenvalue weighted by atomic mass is 9.99. The molecule has 2 fully saturated rings. The third-order valence-electron chi connectivity index (χ3n) is 3.69. The third kappa shape index (κ3) is 5.94. The molecule has 0 aliphatic carbocycles. The molecule has 0 spiro atoms. The fourth-order valence-corrected chi connectivity index (χ4v) is 4.97. The molecule has 0 aromatic carbocycles. The number of halogens is 1. The van der Waals surface area contributed by atoms with Crippen LogP contribution in [0.25, 0.3) is 0 Å². The summed E-state index contributed by atoms with van der Waals surface area (Å²) in [6.45, 7) is 3.05. The smallest absolute Gasteiger partial charge is 0.224 e. The number of hydrogen-bond donors (Lipinski definition) is 2. The second-order valence-corrected chi connectivity index (χ2v) is 8.47. The average Bonchev–Trinajstić information content (AvgIpc) is 2.49. The van der Waals surface area contributed by atoms with Crippen molar-refractivity contribution in [3.8, 4) is 0 Å². The van der Waals surface area contributed by atoms with Crippen molar-refractivity contribution in [1.29, 1.82) is 0 Å². The Hall–Kier alpha value is -0.0200. The number of hydrogen-bond acceptors (Lipinski definition) is 5. The van der Waals surface area contributed by atoms with E-state index in [9.17, 15) is 13.2 Å². The van der Waals surface area contributed by atoms with Crippen LogP contribution in [0.5, 0.6) is 0 Å². The van der Waals surface area contributed by atoms with Gasteiger partial charge in [-0.2, -0.15) is 11.8 Å². The molecule has 0 aromatic heterocycles. The molecule has 0 aromatic rings. The summed E-state index contributed by atoms with van der Waals surface area (Å²) in [7, 11) is -3.22. The molecule has 2 aliphatic heterocycles. The van der Waals surface area contributed by atoms with Gasteiger partial charge in [-0.05, 0) is 19.4 Å². The molecule has 2 N–H and O–H groups in total. The van der Waals surface area contributed by atoms with E-state index in [0.29, 0.717) is 19.6 Å². The summed E-state index contributed by atoms with van der Waals surface area (Å²) in [6.07, 6.45) is 1.89. The van der Waals surface area contributed by atoms with E-state index in [0.717, 1.165) is 30.9 Å². The fraction of sp³-hybridized carbons (Fsp3) is 0.917. The summed E-state index contributed by atoms with van der Waals surface area (Å²) < 4.78 is 25.7. The van der Waals surface area contributed by atoms with Gasteiger partial charge in [0.15, 0.2) is 0 Å².